The first-order valence-electron chi connectivity index (χ1n) is 7.58. The lowest BCUT2D eigenvalue weighted by Gasteiger charge is -2.29. The van der Waals surface area contributed by atoms with E-state index in [0.29, 0.717) is 5.92 Å². The molecule has 2 heterocycles. The molecule has 0 unspecified atom stereocenters. The average molecular weight is 286 g/mol. The topological polar surface area (TPSA) is 50.2 Å². The zero-order valence-corrected chi connectivity index (χ0v) is 12.5. The van der Waals surface area contributed by atoms with Crippen molar-refractivity contribution >= 4 is 16.8 Å². The standard InChI is InChI=1S/C16H22N4O/c1-19-8-4-5-13(11-19)9-17-16(21)12-20-15-7-3-2-6-14(15)10-18-20/h2-3,6-7,10,13H,4-5,8-9,11-12H2,1H3,(H,17,21)/t13-/m0/s1. The lowest BCUT2D eigenvalue weighted by atomic mass is 9.98. The van der Waals surface area contributed by atoms with Gasteiger partial charge in [0, 0.05) is 18.5 Å². The van der Waals surface area contributed by atoms with E-state index in [-0.39, 0.29) is 12.5 Å². The third kappa shape index (κ3) is 3.42. The molecule has 1 N–H and O–H groups in total. The summed E-state index contributed by atoms with van der Waals surface area (Å²) < 4.78 is 1.76. The molecule has 0 saturated carbocycles. The van der Waals surface area contributed by atoms with E-state index in [0.717, 1.165) is 24.0 Å². The molecule has 1 aliphatic rings. The normalized spacial score (nSPS) is 19.8. The first kappa shape index (κ1) is 14.1. The second-order valence-electron chi connectivity index (χ2n) is 5.94. The van der Waals surface area contributed by atoms with Crippen LogP contribution < -0.4 is 5.32 Å². The van der Waals surface area contributed by atoms with Gasteiger partial charge in [-0.05, 0) is 38.4 Å². The lowest BCUT2D eigenvalue weighted by molar-refractivity contribution is -0.122. The highest BCUT2D eigenvalue weighted by atomic mass is 16.2. The molecule has 21 heavy (non-hydrogen) atoms. The van der Waals surface area contributed by atoms with Gasteiger partial charge < -0.3 is 10.2 Å². The number of likely N-dealkylation sites (tertiary alicyclic amines) is 1. The lowest BCUT2D eigenvalue weighted by Crippen LogP contribution is -2.40. The molecule has 1 atom stereocenters. The summed E-state index contributed by atoms with van der Waals surface area (Å²) in [6.45, 7) is 3.30. The monoisotopic (exact) mass is 286 g/mol. The molecular weight excluding hydrogens is 264 g/mol. The highest BCUT2D eigenvalue weighted by Gasteiger charge is 2.17. The fourth-order valence-electron chi connectivity index (χ4n) is 3.04. The maximum absolute atomic E-state index is 12.1. The molecule has 0 spiro atoms. The molecule has 5 heteroatoms. The van der Waals surface area contributed by atoms with Crippen LogP contribution in [0.2, 0.25) is 0 Å². The predicted octanol–water partition coefficient (Wildman–Crippen LogP) is 1.49. The third-order valence-electron chi connectivity index (χ3n) is 4.15. The molecule has 1 amide bonds. The Balaban J connectivity index is 1.54. The summed E-state index contributed by atoms with van der Waals surface area (Å²) in [6.07, 6.45) is 4.23. The van der Waals surface area contributed by atoms with E-state index in [1.54, 1.807) is 10.9 Å². The van der Waals surface area contributed by atoms with Crippen molar-refractivity contribution in [2.45, 2.75) is 19.4 Å². The summed E-state index contributed by atoms with van der Waals surface area (Å²) in [4.78, 5) is 14.4. The van der Waals surface area contributed by atoms with E-state index in [4.69, 9.17) is 0 Å². The average Bonchev–Trinajstić information content (AvgIpc) is 2.89. The smallest absolute Gasteiger partial charge is 0.241 e. The van der Waals surface area contributed by atoms with Crippen molar-refractivity contribution in [1.82, 2.24) is 20.0 Å². The second-order valence-corrected chi connectivity index (χ2v) is 5.94. The summed E-state index contributed by atoms with van der Waals surface area (Å²) in [5.41, 5.74) is 1.00. The molecule has 1 aromatic carbocycles. The zero-order valence-electron chi connectivity index (χ0n) is 12.5. The number of benzene rings is 1. The van der Waals surface area contributed by atoms with Crippen molar-refractivity contribution in [3.05, 3.63) is 30.5 Å². The Morgan fingerprint density at radius 2 is 2.29 bits per heavy atom. The fourth-order valence-corrected chi connectivity index (χ4v) is 3.04. The molecule has 3 rings (SSSR count). The van der Waals surface area contributed by atoms with E-state index in [1.165, 1.54) is 19.4 Å². The van der Waals surface area contributed by atoms with E-state index in [2.05, 4.69) is 22.4 Å². The minimum absolute atomic E-state index is 0.0390. The van der Waals surface area contributed by atoms with Crippen molar-refractivity contribution in [3.8, 4) is 0 Å². The van der Waals surface area contributed by atoms with Gasteiger partial charge >= 0.3 is 0 Å². The van der Waals surface area contributed by atoms with Crippen LogP contribution in [0.5, 0.6) is 0 Å². The molecule has 112 valence electrons. The van der Waals surface area contributed by atoms with Crippen LogP contribution in [0.1, 0.15) is 12.8 Å². The van der Waals surface area contributed by atoms with E-state index >= 15 is 0 Å². The summed E-state index contributed by atoms with van der Waals surface area (Å²) in [5, 5.41) is 8.41. The molecule has 0 aliphatic carbocycles. The molecule has 1 fully saturated rings. The number of hydrogen-bond acceptors (Lipinski definition) is 3. The van der Waals surface area contributed by atoms with Crippen molar-refractivity contribution < 1.29 is 4.79 Å². The molecule has 0 radical (unpaired) electrons. The number of nitrogens with one attached hydrogen (secondary N) is 1. The Bertz CT molecular complexity index is 622. The number of hydrogen-bond donors (Lipinski definition) is 1. The van der Waals surface area contributed by atoms with Gasteiger partial charge in [0.1, 0.15) is 6.54 Å². The van der Waals surface area contributed by atoms with Crippen LogP contribution >= 0.6 is 0 Å². The van der Waals surface area contributed by atoms with Gasteiger partial charge in [-0.25, -0.2) is 0 Å². The highest BCUT2D eigenvalue weighted by Crippen LogP contribution is 2.14. The Morgan fingerprint density at radius 3 is 3.14 bits per heavy atom. The van der Waals surface area contributed by atoms with Crippen LogP contribution in [0.15, 0.2) is 30.5 Å². The van der Waals surface area contributed by atoms with Crippen LogP contribution in [0.4, 0.5) is 0 Å². The van der Waals surface area contributed by atoms with Crippen LogP contribution in [0.3, 0.4) is 0 Å². The molecule has 1 aliphatic heterocycles. The van der Waals surface area contributed by atoms with Crippen LogP contribution in [-0.4, -0.2) is 47.3 Å². The van der Waals surface area contributed by atoms with Crippen molar-refractivity contribution in [1.29, 1.82) is 0 Å². The number of piperidine rings is 1. The largest absolute Gasteiger partial charge is 0.354 e. The minimum atomic E-state index is 0.0390. The summed E-state index contributed by atoms with van der Waals surface area (Å²) in [7, 11) is 2.14. The van der Waals surface area contributed by atoms with Gasteiger partial charge in [0.25, 0.3) is 0 Å². The number of carbonyl (C=O) groups excluding carboxylic acids is 1. The molecule has 2 aromatic rings. The van der Waals surface area contributed by atoms with Gasteiger partial charge in [-0.3, -0.25) is 9.48 Å². The van der Waals surface area contributed by atoms with E-state index < -0.39 is 0 Å². The van der Waals surface area contributed by atoms with Gasteiger partial charge in [0.05, 0.1) is 11.7 Å². The predicted molar refractivity (Wildman–Crippen MR) is 83.0 cm³/mol. The maximum Gasteiger partial charge on any atom is 0.241 e. The zero-order chi connectivity index (χ0) is 14.7. The molecule has 1 aromatic heterocycles. The van der Waals surface area contributed by atoms with Gasteiger partial charge in [-0.1, -0.05) is 18.2 Å². The SMILES string of the molecule is CN1CCC[C@@H](CNC(=O)Cn2ncc3ccccc32)C1. The number of para-hydroxylation sites is 1. The Morgan fingerprint density at radius 1 is 1.43 bits per heavy atom. The summed E-state index contributed by atoms with van der Waals surface area (Å²) in [6, 6.07) is 7.95. The Kier molecular flexibility index (Phi) is 4.20. The van der Waals surface area contributed by atoms with E-state index in [1.807, 2.05) is 24.3 Å². The number of carbonyl (C=O) groups is 1. The number of aromatic nitrogens is 2. The molecular formula is C16H22N4O. The summed E-state index contributed by atoms with van der Waals surface area (Å²) >= 11 is 0. The number of amides is 1. The highest BCUT2D eigenvalue weighted by molar-refractivity contribution is 5.81. The first-order chi connectivity index (χ1) is 10.2. The van der Waals surface area contributed by atoms with Gasteiger partial charge in [-0.2, -0.15) is 5.10 Å². The van der Waals surface area contributed by atoms with Crippen molar-refractivity contribution in [2.24, 2.45) is 5.92 Å². The van der Waals surface area contributed by atoms with Crippen molar-refractivity contribution in [3.63, 3.8) is 0 Å². The number of nitrogens with zero attached hydrogens (tertiary/aromatic N) is 3. The molecule has 0 bridgehead atoms. The van der Waals surface area contributed by atoms with Crippen LogP contribution in [-0.2, 0) is 11.3 Å². The first-order valence-corrected chi connectivity index (χ1v) is 7.58. The molecule has 5 nitrogen and oxygen atoms in total. The van der Waals surface area contributed by atoms with E-state index in [9.17, 15) is 4.79 Å². The Hall–Kier alpha value is -1.88. The minimum Gasteiger partial charge on any atom is -0.354 e. The second kappa shape index (κ2) is 6.26. The quantitative estimate of drug-likeness (QED) is 0.926. The number of rotatable bonds is 4. The van der Waals surface area contributed by atoms with Gasteiger partial charge in [-0.15, -0.1) is 0 Å². The summed E-state index contributed by atoms with van der Waals surface area (Å²) in [5.74, 6) is 0.610. The Labute approximate surface area is 124 Å². The molecule has 1 saturated heterocycles. The van der Waals surface area contributed by atoms with Crippen LogP contribution in [0, 0.1) is 5.92 Å². The number of fused-ring (bicyclic) bond motifs is 1. The van der Waals surface area contributed by atoms with Gasteiger partial charge in [0.2, 0.25) is 5.91 Å². The maximum atomic E-state index is 12.1. The third-order valence-corrected chi connectivity index (χ3v) is 4.15. The van der Waals surface area contributed by atoms with Crippen molar-refractivity contribution in [2.75, 3.05) is 26.7 Å². The van der Waals surface area contributed by atoms with Gasteiger partial charge in [0.15, 0.2) is 0 Å². The fraction of sp³-hybridized carbons (Fsp3) is 0.500. The van der Waals surface area contributed by atoms with Crippen LogP contribution in [0.25, 0.3) is 10.9 Å².